The van der Waals surface area contributed by atoms with Gasteiger partial charge >= 0.3 is 5.97 Å². The predicted molar refractivity (Wildman–Crippen MR) is 81.4 cm³/mol. The largest absolute Gasteiger partial charge is 0.464 e. The summed E-state index contributed by atoms with van der Waals surface area (Å²) in [4.78, 5) is 12.4. The van der Waals surface area contributed by atoms with Gasteiger partial charge in [0.2, 0.25) is 0 Å². The van der Waals surface area contributed by atoms with Crippen molar-refractivity contribution in [2.75, 3.05) is 6.61 Å². The fourth-order valence-electron chi connectivity index (χ4n) is 3.82. The molecule has 0 amide bonds. The van der Waals surface area contributed by atoms with Crippen LogP contribution in [-0.2, 0) is 9.53 Å². The fourth-order valence-corrected chi connectivity index (χ4v) is 3.82. The molecule has 1 saturated carbocycles. The first-order valence-electron chi connectivity index (χ1n) is 8.17. The Morgan fingerprint density at radius 2 is 1.70 bits per heavy atom. The van der Waals surface area contributed by atoms with E-state index in [-0.39, 0.29) is 11.3 Å². The lowest BCUT2D eigenvalue weighted by atomic mass is 9.60. The molecule has 1 aliphatic rings. The van der Waals surface area contributed by atoms with Crippen molar-refractivity contribution >= 4 is 5.97 Å². The average molecular weight is 284 g/mol. The van der Waals surface area contributed by atoms with E-state index < -0.39 is 11.6 Å². The molecule has 1 aliphatic carbocycles. The Hall–Kier alpha value is -0.570. The van der Waals surface area contributed by atoms with E-state index >= 15 is 0 Å². The molecule has 3 unspecified atom stereocenters. The van der Waals surface area contributed by atoms with Gasteiger partial charge in [-0.2, -0.15) is 0 Å². The number of rotatable bonds is 5. The molecule has 0 radical (unpaired) electrons. The summed E-state index contributed by atoms with van der Waals surface area (Å²) < 4.78 is 5.18. The maximum atomic E-state index is 12.4. The van der Waals surface area contributed by atoms with Gasteiger partial charge < -0.3 is 9.84 Å². The molecule has 3 nitrogen and oxygen atoms in total. The standard InChI is InChI=1S/C17H32O3/c1-6-12-17(19,15(18)20-7-2)14-11-9-8-10-13(14)16(3,4)5/h13-14,19H,6-12H2,1-5H3. The Morgan fingerprint density at radius 1 is 1.15 bits per heavy atom. The van der Waals surface area contributed by atoms with Crippen LogP contribution in [0, 0.1) is 17.3 Å². The highest BCUT2D eigenvalue weighted by atomic mass is 16.5. The number of hydrogen-bond acceptors (Lipinski definition) is 3. The minimum absolute atomic E-state index is 0.0234. The molecule has 0 aromatic rings. The number of ether oxygens (including phenoxy) is 1. The Kier molecular flexibility index (Phi) is 6.06. The fraction of sp³-hybridized carbons (Fsp3) is 0.941. The van der Waals surface area contributed by atoms with E-state index in [1.54, 1.807) is 6.92 Å². The summed E-state index contributed by atoms with van der Waals surface area (Å²) >= 11 is 0. The second-order valence-electron chi connectivity index (χ2n) is 7.26. The van der Waals surface area contributed by atoms with Crippen LogP contribution in [0.15, 0.2) is 0 Å². The molecule has 0 aromatic carbocycles. The van der Waals surface area contributed by atoms with Crippen molar-refractivity contribution in [2.45, 2.75) is 78.7 Å². The van der Waals surface area contributed by atoms with Gasteiger partial charge in [-0.1, -0.05) is 47.0 Å². The monoisotopic (exact) mass is 284 g/mol. The zero-order valence-corrected chi connectivity index (χ0v) is 13.9. The van der Waals surface area contributed by atoms with Crippen LogP contribution in [0.5, 0.6) is 0 Å². The van der Waals surface area contributed by atoms with Gasteiger partial charge in [-0.25, -0.2) is 4.79 Å². The van der Waals surface area contributed by atoms with E-state index in [4.69, 9.17) is 4.74 Å². The van der Waals surface area contributed by atoms with Gasteiger partial charge in [0, 0.05) is 5.92 Å². The van der Waals surface area contributed by atoms with Crippen molar-refractivity contribution in [1.29, 1.82) is 0 Å². The Labute approximate surface area is 124 Å². The normalized spacial score (nSPS) is 26.9. The summed E-state index contributed by atoms with van der Waals surface area (Å²) in [7, 11) is 0. The van der Waals surface area contributed by atoms with Gasteiger partial charge in [0.25, 0.3) is 0 Å². The van der Waals surface area contributed by atoms with Crippen molar-refractivity contribution in [1.82, 2.24) is 0 Å². The molecule has 0 saturated heterocycles. The van der Waals surface area contributed by atoms with Crippen LogP contribution in [0.25, 0.3) is 0 Å². The van der Waals surface area contributed by atoms with Crippen LogP contribution in [0.4, 0.5) is 0 Å². The molecule has 0 bridgehead atoms. The highest BCUT2D eigenvalue weighted by molar-refractivity contribution is 5.79. The summed E-state index contributed by atoms with van der Waals surface area (Å²) in [6, 6.07) is 0. The van der Waals surface area contributed by atoms with Crippen LogP contribution in [0.3, 0.4) is 0 Å². The number of carbonyl (C=O) groups excluding carboxylic acids is 1. The van der Waals surface area contributed by atoms with E-state index in [0.29, 0.717) is 18.9 Å². The third-order valence-corrected chi connectivity index (χ3v) is 4.75. The number of esters is 1. The van der Waals surface area contributed by atoms with E-state index in [0.717, 1.165) is 25.7 Å². The van der Waals surface area contributed by atoms with Crippen molar-refractivity contribution < 1.29 is 14.6 Å². The van der Waals surface area contributed by atoms with Crippen molar-refractivity contribution in [2.24, 2.45) is 17.3 Å². The van der Waals surface area contributed by atoms with Gasteiger partial charge in [0.1, 0.15) is 0 Å². The van der Waals surface area contributed by atoms with Gasteiger partial charge in [-0.15, -0.1) is 0 Å². The molecule has 0 aromatic heterocycles. The minimum atomic E-state index is -1.30. The zero-order valence-electron chi connectivity index (χ0n) is 13.9. The Bertz CT molecular complexity index is 319. The van der Waals surface area contributed by atoms with Crippen molar-refractivity contribution in [3.8, 4) is 0 Å². The lowest BCUT2D eigenvalue weighted by Gasteiger charge is -2.47. The molecule has 118 valence electrons. The molecule has 3 atom stereocenters. The summed E-state index contributed by atoms with van der Waals surface area (Å²) in [6.07, 6.45) is 5.62. The molecular formula is C17H32O3. The third kappa shape index (κ3) is 3.75. The summed E-state index contributed by atoms with van der Waals surface area (Å²) in [5, 5.41) is 11.1. The molecule has 0 aliphatic heterocycles. The van der Waals surface area contributed by atoms with Crippen LogP contribution in [0.1, 0.15) is 73.1 Å². The second kappa shape index (κ2) is 6.93. The average Bonchev–Trinajstić information content (AvgIpc) is 2.38. The highest BCUT2D eigenvalue weighted by Gasteiger charge is 2.50. The lowest BCUT2D eigenvalue weighted by Crippen LogP contribution is -2.53. The first-order chi connectivity index (χ1) is 9.27. The third-order valence-electron chi connectivity index (χ3n) is 4.75. The first-order valence-corrected chi connectivity index (χ1v) is 8.17. The molecule has 20 heavy (non-hydrogen) atoms. The predicted octanol–water partition coefficient (Wildman–Crippen LogP) is 3.93. The van der Waals surface area contributed by atoms with Crippen LogP contribution >= 0.6 is 0 Å². The molecule has 1 rings (SSSR count). The molecule has 0 heterocycles. The highest BCUT2D eigenvalue weighted by Crippen LogP contribution is 2.47. The maximum Gasteiger partial charge on any atom is 0.338 e. The second-order valence-corrected chi connectivity index (χ2v) is 7.26. The van der Waals surface area contributed by atoms with Gasteiger partial charge in [-0.05, 0) is 37.5 Å². The van der Waals surface area contributed by atoms with Crippen LogP contribution < -0.4 is 0 Å². The van der Waals surface area contributed by atoms with E-state index in [1.807, 2.05) is 6.92 Å². The van der Waals surface area contributed by atoms with Crippen LogP contribution in [-0.4, -0.2) is 23.3 Å². The van der Waals surface area contributed by atoms with E-state index in [9.17, 15) is 9.90 Å². The SMILES string of the molecule is CCCC(O)(C(=O)OCC)C1CCCCC1C(C)(C)C. The molecule has 1 N–H and O–H groups in total. The number of carbonyl (C=O) groups is 1. The van der Waals surface area contributed by atoms with E-state index in [1.165, 1.54) is 6.42 Å². The zero-order chi connectivity index (χ0) is 15.4. The molecule has 0 spiro atoms. The van der Waals surface area contributed by atoms with Gasteiger partial charge in [-0.3, -0.25) is 0 Å². The topological polar surface area (TPSA) is 46.5 Å². The van der Waals surface area contributed by atoms with Crippen LogP contribution in [0.2, 0.25) is 0 Å². The maximum absolute atomic E-state index is 12.4. The Morgan fingerprint density at radius 3 is 2.15 bits per heavy atom. The van der Waals surface area contributed by atoms with Gasteiger partial charge in [0.05, 0.1) is 6.61 Å². The molecular weight excluding hydrogens is 252 g/mol. The summed E-state index contributed by atoms with van der Waals surface area (Å²) in [5.74, 6) is -0.0181. The van der Waals surface area contributed by atoms with Gasteiger partial charge in [0.15, 0.2) is 5.60 Å². The first kappa shape index (κ1) is 17.5. The van der Waals surface area contributed by atoms with Crippen molar-refractivity contribution in [3.63, 3.8) is 0 Å². The quantitative estimate of drug-likeness (QED) is 0.778. The molecule has 1 fully saturated rings. The minimum Gasteiger partial charge on any atom is -0.464 e. The lowest BCUT2D eigenvalue weighted by molar-refractivity contribution is -0.180. The number of hydrogen-bond donors (Lipinski definition) is 1. The Balaban J connectivity index is 3.06. The van der Waals surface area contributed by atoms with Crippen molar-refractivity contribution in [3.05, 3.63) is 0 Å². The smallest absolute Gasteiger partial charge is 0.338 e. The van der Waals surface area contributed by atoms with E-state index in [2.05, 4.69) is 20.8 Å². The number of aliphatic hydroxyl groups is 1. The molecule has 3 heteroatoms. The summed E-state index contributed by atoms with van der Waals surface area (Å²) in [5.41, 5.74) is -1.19. The summed E-state index contributed by atoms with van der Waals surface area (Å²) in [6.45, 7) is 10.8.